The maximum atomic E-state index is 11.5. The van der Waals surface area contributed by atoms with E-state index >= 15 is 0 Å². The molecule has 1 unspecified atom stereocenters. The summed E-state index contributed by atoms with van der Waals surface area (Å²) < 4.78 is 0. The molecule has 4 nitrogen and oxygen atoms in total. The van der Waals surface area contributed by atoms with Gasteiger partial charge in [0.1, 0.15) is 0 Å². The average Bonchev–Trinajstić information content (AvgIpc) is 2.18. The highest BCUT2D eigenvalue weighted by Gasteiger charge is 2.23. The SMILES string of the molecule is CCN1CCN(CC(=O)N(C)C)CC1C. The summed E-state index contributed by atoms with van der Waals surface area (Å²) in [6.45, 7) is 9.20. The highest BCUT2D eigenvalue weighted by atomic mass is 16.2. The van der Waals surface area contributed by atoms with E-state index in [1.54, 1.807) is 4.90 Å². The molecule has 1 fully saturated rings. The Morgan fingerprint density at radius 2 is 2.07 bits per heavy atom. The molecule has 88 valence electrons. The molecule has 1 saturated heterocycles. The number of likely N-dealkylation sites (N-methyl/N-ethyl adjacent to an activating group) is 2. The number of carbonyl (C=O) groups is 1. The highest BCUT2D eigenvalue weighted by Crippen LogP contribution is 2.08. The predicted molar refractivity (Wildman–Crippen MR) is 61.8 cm³/mol. The summed E-state index contributed by atoms with van der Waals surface area (Å²) in [4.78, 5) is 17.9. The zero-order chi connectivity index (χ0) is 11.4. The van der Waals surface area contributed by atoms with E-state index in [0.717, 1.165) is 26.2 Å². The van der Waals surface area contributed by atoms with Crippen LogP contribution in [0.25, 0.3) is 0 Å². The van der Waals surface area contributed by atoms with Gasteiger partial charge in [-0.25, -0.2) is 0 Å². The van der Waals surface area contributed by atoms with Crippen molar-refractivity contribution < 1.29 is 4.79 Å². The van der Waals surface area contributed by atoms with Crippen LogP contribution in [0, 0.1) is 0 Å². The van der Waals surface area contributed by atoms with Gasteiger partial charge in [-0.3, -0.25) is 14.6 Å². The average molecular weight is 213 g/mol. The van der Waals surface area contributed by atoms with Crippen LogP contribution >= 0.6 is 0 Å². The van der Waals surface area contributed by atoms with E-state index in [0.29, 0.717) is 12.6 Å². The lowest BCUT2D eigenvalue weighted by molar-refractivity contribution is -0.130. The van der Waals surface area contributed by atoms with Crippen molar-refractivity contribution in [3.05, 3.63) is 0 Å². The molecule has 0 radical (unpaired) electrons. The first kappa shape index (κ1) is 12.5. The number of hydrogen-bond donors (Lipinski definition) is 0. The van der Waals surface area contributed by atoms with Gasteiger partial charge in [0.25, 0.3) is 0 Å². The van der Waals surface area contributed by atoms with Crippen LogP contribution < -0.4 is 0 Å². The van der Waals surface area contributed by atoms with Gasteiger partial charge in [0.15, 0.2) is 0 Å². The zero-order valence-corrected chi connectivity index (χ0v) is 10.4. The lowest BCUT2D eigenvalue weighted by Crippen LogP contribution is -2.53. The van der Waals surface area contributed by atoms with Gasteiger partial charge in [-0.1, -0.05) is 6.92 Å². The number of amides is 1. The maximum absolute atomic E-state index is 11.5. The largest absolute Gasteiger partial charge is 0.348 e. The molecule has 0 aliphatic carbocycles. The van der Waals surface area contributed by atoms with Gasteiger partial charge >= 0.3 is 0 Å². The van der Waals surface area contributed by atoms with E-state index in [9.17, 15) is 4.79 Å². The van der Waals surface area contributed by atoms with E-state index in [-0.39, 0.29) is 5.91 Å². The fourth-order valence-electron chi connectivity index (χ4n) is 2.02. The second kappa shape index (κ2) is 5.47. The van der Waals surface area contributed by atoms with Gasteiger partial charge in [-0.2, -0.15) is 0 Å². The van der Waals surface area contributed by atoms with Gasteiger partial charge in [0.2, 0.25) is 5.91 Å². The number of piperazine rings is 1. The van der Waals surface area contributed by atoms with Gasteiger partial charge in [-0.05, 0) is 13.5 Å². The fourth-order valence-corrected chi connectivity index (χ4v) is 2.02. The Morgan fingerprint density at radius 3 is 2.53 bits per heavy atom. The third-order valence-corrected chi connectivity index (χ3v) is 3.11. The molecule has 0 bridgehead atoms. The van der Waals surface area contributed by atoms with E-state index in [1.165, 1.54) is 0 Å². The summed E-state index contributed by atoms with van der Waals surface area (Å²) in [5, 5.41) is 0. The number of rotatable bonds is 3. The number of nitrogens with zero attached hydrogens (tertiary/aromatic N) is 3. The standard InChI is InChI=1S/C11H23N3O/c1-5-14-7-6-13(8-10(14)2)9-11(15)12(3)4/h10H,5-9H2,1-4H3. The highest BCUT2D eigenvalue weighted by molar-refractivity contribution is 5.77. The first-order chi connectivity index (χ1) is 7.04. The Kier molecular flexibility index (Phi) is 4.54. The second-order valence-corrected chi connectivity index (χ2v) is 4.50. The Morgan fingerprint density at radius 1 is 1.40 bits per heavy atom. The van der Waals surface area contributed by atoms with Crippen LogP contribution in [0.5, 0.6) is 0 Å². The summed E-state index contributed by atoms with van der Waals surface area (Å²) in [7, 11) is 3.63. The van der Waals surface area contributed by atoms with Crippen LogP contribution in [0.4, 0.5) is 0 Å². The fraction of sp³-hybridized carbons (Fsp3) is 0.909. The quantitative estimate of drug-likeness (QED) is 0.665. The minimum Gasteiger partial charge on any atom is -0.348 e. The summed E-state index contributed by atoms with van der Waals surface area (Å²) in [6.07, 6.45) is 0. The van der Waals surface area contributed by atoms with Crippen LogP contribution in [-0.2, 0) is 4.79 Å². The first-order valence-corrected chi connectivity index (χ1v) is 5.71. The Hall–Kier alpha value is -0.610. The normalized spacial score (nSPS) is 24.1. The first-order valence-electron chi connectivity index (χ1n) is 5.71. The summed E-state index contributed by atoms with van der Waals surface area (Å²) >= 11 is 0. The minimum absolute atomic E-state index is 0.201. The van der Waals surface area contributed by atoms with E-state index < -0.39 is 0 Å². The monoisotopic (exact) mass is 213 g/mol. The van der Waals surface area contributed by atoms with Gasteiger partial charge in [0.05, 0.1) is 6.54 Å². The summed E-state index contributed by atoms with van der Waals surface area (Å²) in [5.41, 5.74) is 0. The molecule has 15 heavy (non-hydrogen) atoms. The third-order valence-electron chi connectivity index (χ3n) is 3.11. The molecule has 1 amide bonds. The molecule has 0 saturated carbocycles. The molecular weight excluding hydrogens is 190 g/mol. The Labute approximate surface area is 92.8 Å². The van der Waals surface area contributed by atoms with Crippen molar-refractivity contribution in [2.75, 3.05) is 46.8 Å². The van der Waals surface area contributed by atoms with Gasteiger partial charge in [0, 0.05) is 39.8 Å². The molecule has 0 N–H and O–H groups in total. The summed E-state index contributed by atoms with van der Waals surface area (Å²) in [5.74, 6) is 0.201. The van der Waals surface area contributed by atoms with Crippen molar-refractivity contribution in [2.24, 2.45) is 0 Å². The van der Waals surface area contributed by atoms with Crippen LogP contribution in [0.2, 0.25) is 0 Å². The molecule has 0 aromatic carbocycles. The second-order valence-electron chi connectivity index (χ2n) is 4.50. The minimum atomic E-state index is 0.201. The van der Waals surface area contributed by atoms with Crippen LogP contribution in [0.3, 0.4) is 0 Å². The van der Waals surface area contributed by atoms with Crippen molar-refractivity contribution in [3.8, 4) is 0 Å². The molecule has 1 aliphatic rings. The number of carbonyl (C=O) groups excluding carboxylic acids is 1. The van der Waals surface area contributed by atoms with Gasteiger partial charge < -0.3 is 4.90 Å². The van der Waals surface area contributed by atoms with Crippen LogP contribution in [0.1, 0.15) is 13.8 Å². The third kappa shape index (κ3) is 3.47. The summed E-state index contributed by atoms with van der Waals surface area (Å²) in [6, 6.07) is 0.568. The van der Waals surface area contributed by atoms with Crippen molar-refractivity contribution in [3.63, 3.8) is 0 Å². The molecule has 1 rings (SSSR count). The van der Waals surface area contributed by atoms with Crippen molar-refractivity contribution in [2.45, 2.75) is 19.9 Å². The smallest absolute Gasteiger partial charge is 0.236 e. The Balaban J connectivity index is 2.38. The van der Waals surface area contributed by atoms with Crippen LogP contribution in [0.15, 0.2) is 0 Å². The van der Waals surface area contributed by atoms with E-state index in [4.69, 9.17) is 0 Å². The van der Waals surface area contributed by atoms with Crippen LogP contribution in [-0.4, -0.2) is 73.5 Å². The van der Waals surface area contributed by atoms with Crippen molar-refractivity contribution >= 4 is 5.91 Å². The molecule has 0 aromatic rings. The predicted octanol–water partition coefficient (Wildman–Crippen LogP) is 0.101. The topological polar surface area (TPSA) is 26.8 Å². The number of hydrogen-bond acceptors (Lipinski definition) is 3. The zero-order valence-electron chi connectivity index (χ0n) is 10.4. The molecule has 1 atom stereocenters. The van der Waals surface area contributed by atoms with Crippen molar-refractivity contribution in [1.82, 2.24) is 14.7 Å². The molecule has 1 heterocycles. The van der Waals surface area contributed by atoms with Gasteiger partial charge in [-0.15, -0.1) is 0 Å². The van der Waals surface area contributed by atoms with E-state index in [2.05, 4.69) is 23.6 Å². The maximum Gasteiger partial charge on any atom is 0.236 e. The Bertz CT molecular complexity index is 218. The lowest BCUT2D eigenvalue weighted by atomic mass is 10.2. The molecule has 4 heteroatoms. The molecular formula is C11H23N3O. The lowest BCUT2D eigenvalue weighted by Gasteiger charge is -2.39. The molecule has 1 aliphatic heterocycles. The molecule has 0 aromatic heterocycles. The van der Waals surface area contributed by atoms with Crippen molar-refractivity contribution in [1.29, 1.82) is 0 Å². The van der Waals surface area contributed by atoms with E-state index in [1.807, 2.05) is 14.1 Å². The molecule has 0 spiro atoms.